The largest absolute Gasteiger partial charge is 0.322 e. The van der Waals surface area contributed by atoms with E-state index in [1.807, 2.05) is 42.2 Å². The molecule has 0 atom stereocenters. The first-order valence-corrected chi connectivity index (χ1v) is 6.95. The van der Waals surface area contributed by atoms with Gasteiger partial charge in [0.25, 0.3) is 0 Å². The second kappa shape index (κ2) is 5.83. The minimum absolute atomic E-state index is 0.795. The minimum Gasteiger partial charge on any atom is -0.322 e. The van der Waals surface area contributed by atoms with Gasteiger partial charge >= 0.3 is 0 Å². The molecular formula is C18H18N3. The fraction of sp³-hybridized carbons (Fsp3) is 0.111. The fourth-order valence-corrected chi connectivity index (χ4v) is 2.43. The van der Waals surface area contributed by atoms with Crippen LogP contribution in [-0.2, 0) is 13.6 Å². The van der Waals surface area contributed by atoms with Crippen LogP contribution in [0.25, 0.3) is 0 Å². The van der Waals surface area contributed by atoms with E-state index in [1.165, 1.54) is 5.56 Å². The van der Waals surface area contributed by atoms with Crippen LogP contribution >= 0.6 is 0 Å². The molecule has 0 aliphatic rings. The Morgan fingerprint density at radius 3 is 2.52 bits per heavy atom. The average Bonchev–Trinajstić information content (AvgIpc) is 2.92. The number of rotatable bonds is 4. The zero-order chi connectivity index (χ0) is 14.7. The Morgan fingerprint density at radius 2 is 1.86 bits per heavy atom. The van der Waals surface area contributed by atoms with Crippen molar-refractivity contribution in [1.82, 2.24) is 9.78 Å². The summed E-state index contributed by atoms with van der Waals surface area (Å²) < 4.78 is 1.89. The Balaban J connectivity index is 2.01. The van der Waals surface area contributed by atoms with Crippen molar-refractivity contribution in [2.45, 2.75) is 6.54 Å². The Labute approximate surface area is 125 Å². The van der Waals surface area contributed by atoms with Gasteiger partial charge in [-0.2, -0.15) is 5.10 Å². The molecule has 21 heavy (non-hydrogen) atoms. The van der Waals surface area contributed by atoms with Gasteiger partial charge < -0.3 is 4.90 Å². The summed E-state index contributed by atoms with van der Waals surface area (Å²) in [5.41, 5.74) is 3.39. The maximum absolute atomic E-state index is 4.29. The SMILES string of the molecule is [CH2]c1cccc(N(Cc2ccccc2)c2ccnn2C)c1. The molecule has 3 nitrogen and oxygen atoms in total. The highest BCUT2D eigenvalue weighted by Gasteiger charge is 2.13. The van der Waals surface area contributed by atoms with E-state index in [1.54, 1.807) is 0 Å². The molecule has 1 radical (unpaired) electrons. The van der Waals surface area contributed by atoms with E-state index in [-0.39, 0.29) is 0 Å². The van der Waals surface area contributed by atoms with Gasteiger partial charge in [0.15, 0.2) is 0 Å². The van der Waals surface area contributed by atoms with Crippen LogP contribution in [0.3, 0.4) is 0 Å². The van der Waals surface area contributed by atoms with Gasteiger partial charge in [0.2, 0.25) is 0 Å². The van der Waals surface area contributed by atoms with Crippen LogP contribution in [0, 0.1) is 6.92 Å². The van der Waals surface area contributed by atoms with Gasteiger partial charge in [-0.15, -0.1) is 0 Å². The van der Waals surface area contributed by atoms with E-state index in [4.69, 9.17) is 0 Å². The van der Waals surface area contributed by atoms with Crippen molar-refractivity contribution in [3.05, 3.63) is 84.9 Å². The molecular weight excluding hydrogens is 258 g/mol. The standard InChI is InChI=1S/C18H18N3/c1-15-7-6-10-17(13-15)21(18-11-12-19-20(18)2)14-16-8-4-3-5-9-16/h3-13H,1,14H2,2H3. The zero-order valence-corrected chi connectivity index (χ0v) is 12.1. The lowest BCUT2D eigenvalue weighted by atomic mass is 10.1. The van der Waals surface area contributed by atoms with Crippen molar-refractivity contribution >= 4 is 11.5 Å². The third-order valence-electron chi connectivity index (χ3n) is 3.48. The lowest BCUT2D eigenvalue weighted by Crippen LogP contribution is -2.19. The van der Waals surface area contributed by atoms with Crippen LogP contribution < -0.4 is 4.90 Å². The van der Waals surface area contributed by atoms with E-state index in [0.717, 1.165) is 23.6 Å². The van der Waals surface area contributed by atoms with Crippen molar-refractivity contribution in [1.29, 1.82) is 0 Å². The van der Waals surface area contributed by atoms with Gasteiger partial charge in [0.1, 0.15) is 5.82 Å². The summed E-state index contributed by atoms with van der Waals surface area (Å²) in [5.74, 6) is 1.06. The highest BCUT2D eigenvalue weighted by atomic mass is 15.4. The number of aromatic nitrogens is 2. The van der Waals surface area contributed by atoms with E-state index < -0.39 is 0 Å². The molecule has 3 heteroatoms. The minimum atomic E-state index is 0.795. The van der Waals surface area contributed by atoms with Crippen molar-refractivity contribution in [3.8, 4) is 0 Å². The normalized spacial score (nSPS) is 10.6. The van der Waals surface area contributed by atoms with Crippen molar-refractivity contribution < 1.29 is 0 Å². The molecule has 0 fully saturated rings. The van der Waals surface area contributed by atoms with E-state index in [2.05, 4.69) is 53.3 Å². The number of anilines is 2. The van der Waals surface area contributed by atoms with Gasteiger partial charge in [-0.05, 0) is 30.2 Å². The fourth-order valence-electron chi connectivity index (χ4n) is 2.43. The summed E-state index contributed by atoms with van der Waals surface area (Å²) in [5, 5.41) is 4.29. The van der Waals surface area contributed by atoms with Gasteiger partial charge in [-0.25, -0.2) is 0 Å². The zero-order valence-electron chi connectivity index (χ0n) is 12.1. The molecule has 1 heterocycles. The van der Waals surface area contributed by atoms with Crippen LogP contribution in [0.1, 0.15) is 11.1 Å². The molecule has 0 spiro atoms. The molecule has 0 N–H and O–H groups in total. The van der Waals surface area contributed by atoms with E-state index in [0.29, 0.717) is 0 Å². The van der Waals surface area contributed by atoms with Gasteiger partial charge in [0.05, 0.1) is 6.20 Å². The second-order valence-electron chi connectivity index (χ2n) is 5.05. The highest BCUT2D eigenvalue weighted by molar-refractivity contribution is 5.61. The molecule has 0 aliphatic heterocycles. The second-order valence-corrected chi connectivity index (χ2v) is 5.05. The molecule has 2 aromatic carbocycles. The quantitative estimate of drug-likeness (QED) is 0.719. The van der Waals surface area contributed by atoms with E-state index in [9.17, 15) is 0 Å². The molecule has 0 unspecified atom stereocenters. The van der Waals surface area contributed by atoms with Gasteiger partial charge in [-0.1, -0.05) is 42.5 Å². The van der Waals surface area contributed by atoms with Crippen molar-refractivity contribution in [2.75, 3.05) is 4.90 Å². The number of hydrogen-bond donors (Lipinski definition) is 0. The van der Waals surface area contributed by atoms with Crippen LogP contribution in [-0.4, -0.2) is 9.78 Å². The molecule has 3 rings (SSSR count). The summed E-state index contributed by atoms with van der Waals surface area (Å²) in [6.07, 6.45) is 1.82. The van der Waals surface area contributed by atoms with Crippen LogP contribution in [0.15, 0.2) is 66.9 Å². The first-order chi connectivity index (χ1) is 10.2. The third kappa shape index (κ3) is 2.97. The van der Waals surface area contributed by atoms with Crippen molar-refractivity contribution in [2.24, 2.45) is 7.05 Å². The van der Waals surface area contributed by atoms with Gasteiger partial charge in [-0.3, -0.25) is 4.68 Å². The first kappa shape index (κ1) is 13.4. The lowest BCUT2D eigenvalue weighted by molar-refractivity contribution is 0.745. The number of hydrogen-bond acceptors (Lipinski definition) is 2. The predicted molar refractivity (Wildman–Crippen MR) is 86.4 cm³/mol. The topological polar surface area (TPSA) is 21.1 Å². The molecule has 3 aromatic rings. The third-order valence-corrected chi connectivity index (χ3v) is 3.48. The summed E-state index contributed by atoms with van der Waals surface area (Å²) >= 11 is 0. The molecule has 105 valence electrons. The molecule has 0 bridgehead atoms. The Morgan fingerprint density at radius 1 is 1.05 bits per heavy atom. The Hall–Kier alpha value is -2.55. The summed E-state index contributed by atoms with van der Waals surface area (Å²) in [6, 6.07) is 20.7. The van der Waals surface area contributed by atoms with Crippen molar-refractivity contribution in [3.63, 3.8) is 0 Å². The van der Waals surface area contributed by atoms with Gasteiger partial charge in [0, 0.05) is 25.3 Å². The summed E-state index contributed by atoms with van der Waals surface area (Å²) in [7, 11) is 1.96. The summed E-state index contributed by atoms with van der Waals surface area (Å²) in [6.45, 7) is 4.82. The monoisotopic (exact) mass is 276 g/mol. The van der Waals surface area contributed by atoms with Crippen LogP contribution in [0.4, 0.5) is 11.5 Å². The van der Waals surface area contributed by atoms with Crippen LogP contribution in [0.5, 0.6) is 0 Å². The Kier molecular flexibility index (Phi) is 3.73. The molecule has 0 aliphatic carbocycles. The summed E-state index contributed by atoms with van der Waals surface area (Å²) in [4.78, 5) is 2.25. The molecule has 0 amide bonds. The Bertz CT molecular complexity index is 716. The molecule has 0 saturated heterocycles. The maximum Gasteiger partial charge on any atom is 0.131 e. The maximum atomic E-state index is 4.29. The number of benzene rings is 2. The molecule has 0 saturated carbocycles. The number of nitrogens with zero attached hydrogens (tertiary/aromatic N) is 3. The van der Waals surface area contributed by atoms with Crippen LogP contribution in [0.2, 0.25) is 0 Å². The first-order valence-electron chi connectivity index (χ1n) is 6.95. The predicted octanol–water partition coefficient (Wildman–Crippen LogP) is 3.94. The average molecular weight is 276 g/mol. The molecule has 1 aromatic heterocycles. The lowest BCUT2D eigenvalue weighted by Gasteiger charge is -2.25. The van der Waals surface area contributed by atoms with E-state index >= 15 is 0 Å². The highest BCUT2D eigenvalue weighted by Crippen LogP contribution is 2.27. The smallest absolute Gasteiger partial charge is 0.131 e. The number of aryl methyl sites for hydroxylation is 1.